The zero-order valence-corrected chi connectivity index (χ0v) is 13.8. The summed E-state index contributed by atoms with van der Waals surface area (Å²) in [5.74, 6) is 0. The molecule has 1 aliphatic heterocycles. The fourth-order valence-corrected chi connectivity index (χ4v) is 3.63. The highest BCUT2D eigenvalue weighted by molar-refractivity contribution is 7.89. The summed E-state index contributed by atoms with van der Waals surface area (Å²) in [6.45, 7) is 3.24. The maximum atomic E-state index is 12.1. The molecule has 21 heavy (non-hydrogen) atoms. The smallest absolute Gasteiger partial charge is 0.242 e. The maximum absolute atomic E-state index is 12.1. The summed E-state index contributed by atoms with van der Waals surface area (Å²) >= 11 is 0. The van der Waals surface area contributed by atoms with Crippen molar-refractivity contribution in [1.82, 2.24) is 9.62 Å². The number of sulfonamides is 1. The van der Waals surface area contributed by atoms with Crippen molar-refractivity contribution in [3.63, 3.8) is 0 Å². The second-order valence-corrected chi connectivity index (χ2v) is 8.04. The normalized spacial score (nSPS) is 20.7. The molecule has 2 atom stereocenters. The van der Waals surface area contributed by atoms with E-state index < -0.39 is 10.0 Å². The van der Waals surface area contributed by atoms with Crippen LogP contribution in [0, 0.1) is 0 Å². The van der Waals surface area contributed by atoms with Gasteiger partial charge in [-0.1, -0.05) is 6.07 Å². The van der Waals surface area contributed by atoms with E-state index in [1.54, 1.807) is 32.3 Å². The highest BCUT2D eigenvalue weighted by Crippen LogP contribution is 2.20. The largest absolute Gasteiger partial charge is 0.382 e. The Morgan fingerprint density at radius 2 is 2.19 bits per heavy atom. The Bertz CT molecular complexity index is 566. The molecule has 0 saturated carbocycles. The first kappa shape index (κ1) is 16.3. The topological polar surface area (TPSA) is 61.4 Å². The molecule has 2 N–H and O–H groups in total. The standard InChI is InChI=1S/C15H25N3O2S/c1-12(10-13-7-5-9-16-13)17-14-6-4-8-15(11-14)21(19,20)18(2)3/h4,6,8,11-13,16-17H,5,7,9-10H2,1-3H3. The zero-order chi connectivity index (χ0) is 15.5. The molecule has 1 aromatic carbocycles. The molecule has 1 fully saturated rings. The number of anilines is 1. The summed E-state index contributed by atoms with van der Waals surface area (Å²) in [7, 11) is -0.286. The average Bonchev–Trinajstić information content (AvgIpc) is 2.91. The molecule has 1 aliphatic rings. The molecule has 0 aromatic heterocycles. The molecule has 118 valence electrons. The van der Waals surface area contributed by atoms with Crippen LogP contribution in [-0.4, -0.2) is 45.4 Å². The van der Waals surface area contributed by atoms with Crippen molar-refractivity contribution in [2.24, 2.45) is 0 Å². The first-order valence-electron chi connectivity index (χ1n) is 7.42. The van der Waals surface area contributed by atoms with E-state index in [1.165, 1.54) is 17.1 Å². The van der Waals surface area contributed by atoms with Crippen molar-refractivity contribution in [3.8, 4) is 0 Å². The van der Waals surface area contributed by atoms with Crippen LogP contribution < -0.4 is 10.6 Å². The van der Waals surface area contributed by atoms with E-state index in [9.17, 15) is 8.42 Å². The summed E-state index contributed by atoms with van der Waals surface area (Å²) in [5, 5.41) is 6.88. The molecule has 1 saturated heterocycles. The fourth-order valence-electron chi connectivity index (χ4n) is 2.69. The van der Waals surface area contributed by atoms with Gasteiger partial charge in [0, 0.05) is 31.9 Å². The van der Waals surface area contributed by atoms with Gasteiger partial charge >= 0.3 is 0 Å². The second kappa shape index (κ2) is 6.77. The Kier molecular flexibility index (Phi) is 5.24. The molecule has 6 heteroatoms. The van der Waals surface area contributed by atoms with Crippen molar-refractivity contribution >= 4 is 15.7 Å². The van der Waals surface area contributed by atoms with E-state index in [-0.39, 0.29) is 0 Å². The third-order valence-electron chi connectivity index (χ3n) is 3.83. The Morgan fingerprint density at radius 1 is 1.43 bits per heavy atom. The van der Waals surface area contributed by atoms with Crippen molar-refractivity contribution in [1.29, 1.82) is 0 Å². The molecule has 0 aliphatic carbocycles. The maximum Gasteiger partial charge on any atom is 0.242 e. The third kappa shape index (κ3) is 4.18. The van der Waals surface area contributed by atoms with Crippen LogP contribution in [0.5, 0.6) is 0 Å². The van der Waals surface area contributed by atoms with Gasteiger partial charge in [-0.3, -0.25) is 0 Å². The molecule has 5 nitrogen and oxygen atoms in total. The van der Waals surface area contributed by atoms with Crippen molar-refractivity contribution in [2.45, 2.75) is 43.2 Å². The van der Waals surface area contributed by atoms with Gasteiger partial charge in [-0.2, -0.15) is 0 Å². The third-order valence-corrected chi connectivity index (χ3v) is 5.64. The van der Waals surface area contributed by atoms with Crippen LogP contribution in [0.4, 0.5) is 5.69 Å². The fraction of sp³-hybridized carbons (Fsp3) is 0.600. The van der Waals surface area contributed by atoms with E-state index >= 15 is 0 Å². The number of benzene rings is 1. The van der Waals surface area contributed by atoms with Gasteiger partial charge in [-0.25, -0.2) is 12.7 Å². The minimum absolute atomic E-state index is 0.304. The lowest BCUT2D eigenvalue weighted by atomic mass is 10.1. The van der Waals surface area contributed by atoms with Gasteiger partial charge in [-0.15, -0.1) is 0 Å². The van der Waals surface area contributed by atoms with Gasteiger partial charge in [0.25, 0.3) is 0 Å². The number of hydrogen-bond acceptors (Lipinski definition) is 4. The molecular formula is C15H25N3O2S. The summed E-state index contributed by atoms with van der Waals surface area (Å²) < 4.78 is 25.5. The Morgan fingerprint density at radius 3 is 2.81 bits per heavy atom. The summed E-state index contributed by atoms with van der Waals surface area (Å²) in [5.41, 5.74) is 0.850. The number of nitrogens with one attached hydrogen (secondary N) is 2. The van der Waals surface area contributed by atoms with Crippen LogP contribution in [0.25, 0.3) is 0 Å². The SMILES string of the molecule is CC(CC1CCCN1)Nc1cccc(S(=O)(=O)N(C)C)c1. The van der Waals surface area contributed by atoms with Crippen LogP contribution >= 0.6 is 0 Å². The van der Waals surface area contributed by atoms with Gasteiger partial charge in [0.15, 0.2) is 0 Å². The van der Waals surface area contributed by atoms with Crippen LogP contribution in [0.1, 0.15) is 26.2 Å². The quantitative estimate of drug-likeness (QED) is 0.842. The second-order valence-electron chi connectivity index (χ2n) is 5.89. The lowest BCUT2D eigenvalue weighted by molar-refractivity contribution is 0.519. The molecule has 1 heterocycles. The molecule has 0 bridgehead atoms. The Hall–Kier alpha value is -1.11. The van der Waals surface area contributed by atoms with Crippen LogP contribution in [0.3, 0.4) is 0 Å². The zero-order valence-electron chi connectivity index (χ0n) is 13.0. The van der Waals surface area contributed by atoms with Crippen molar-refractivity contribution < 1.29 is 8.42 Å². The predicted molar refractivity (Wildman–Crippen MR) is 86.0 cm³/mol. The van der Waals surface area contributed by atoms with E-state index in [1.807, 2.05) is 6.07 Å². The van der Waals surface area contributed by atoms with E-state index in [0.29, 0.717) is 17.0 Å². The molecule has 0 radical (unpaired) electrons. The average molecular weight is 311 g/mol. The molecule has 2 rings (SSSR count). The molecular weight excluding hydrogens is 286 g/mol. The molecule has 0 spiro atoms. The van der Waals surface area contributed by atoms with Gasteiger partial charge in [0.2, 0.25) is 10.0 Å². The highest BCUT2D eigenvalue weighted by atomic mass is 32.2. The van der Waals surface area contributed by atoms with Crippen molar-refractivity contribution in [3.05, 3.63) is 24.3 Å². The summed E-state index contributed by atoms with van der Waals surface area (Å²) in [4.78, 5) is 0.323. The minimum atomic E-state index is -3.38. The van der Waals surface area contributed by atoms with Crippen LogP contribution in [0.15, 0.2) is 29.2 Å². The first-order chi connectivity index (χ1) is 9.89. The predicted octanol–water partition coefficient (Wildman–Crippen LogP) is 1.88. The van der Waals surface area contributed by atoms with Crippen molar-refractivity contribution in [2.75, 3.05) is 26.0 Å². The lowest BCUT2D eigenvalue weighted by Gasteiger charge is -2.20. The minimum Gasteiger partial charge on any atom is -0.382 e. The van der Waals surface area contributed by atoms with Crippen LogP contribution in [0.2, 0.25) is 0 Å². The number of rotatable bonds is 6. The molecule has 0 amide bonds. The monoisotopic (exact) mass is 311 g/mol. The Balaban J connectivity index is 2.03. The van der Waals surface area contributed by atoms with E-state index in [4.69, 9.17) is 0 Å². The molecule has 1 aromatic rings. The Labute approximate surface area is 127 Å². The van der Waals surface area contributed by atoms with E-state index in [0.717, 1.165) is 18.7 Å². The highest BCUT2D eigenvalue weighted by Gasteiger charge is 2.19. The van der Waals surface area contributed by atoms with Gasteiger partial charge in [0.1, 0.15) is 0 Å². The number of nitrogens with zero attached hydrogens (tertiary/aromatic N) is 1. The lowest BCUT2D eigenvalue weighted by Crippen LogP contribution is -2.29. The van der Waals surface area contributed by atoms with Crippen LogP contribution in [-0.2, 0) is 10.0 Å². The van der Waals surface area contributed by atoms with Gasteiger partial charge in [0.05, 0.1) is 4.90 Å². The first-order valence-corrected chi connectivity index (χ1v) is 8.86. The van der Waals surface area contributed by atoms with Gasteiger partial charge in [-0.05, 0) is 50.9 Å². The van der Waals surface area contributed by atoms with Gasteiger partial charge < -0.3 is 10.6 Å². The number of hydrogen-bond donors (Lipinski definition) is 2. The summed E-state index contributed by atoms with van der Waals surface area (Å²) in [6, 6.07) is 7.89. The molecule has 2 unspecified atom stereocenters. The van der Waals surface area contributed by atoms with E-state index in [2.05, 4.69) is 17.6 Å². The summed E-state index contributed by atoms with van der Waals surface area (Å²) in [6.07, 6.45) is 3.51.